The number of hydrogen-bond acceptors (Lipinski definition) is 3. The van der Waals surface area contributed by atoms with Crippen LogP contribution >= 0.6 is 0 Å². The molecule has 1 saturated heterocycles. The summed E-state index contributed by atoms with van der Waals surface area (Å²) in [7, 11) is 2.19. The van der Waals surface area contributed by atoms with Gasteiger partial charge < -0.3 is 4.90 Å². The van der Waals surface area contributed by atoms with Gasteiger partial charge >= 0.3 is 0 Å². The zero-order valence-electron chi connectivity index (χ0n) is 6.64. The van der Waals surface area contributed by atoms with E-state index >= 15 is 0 Å². The van der Waals surface area contributed by atoms with Crippen LogP contribution in [0.15, 0.2) is 0 Å². The average Bonchev–Trinajstić information content (AvgIpc) is 2.31. The zero-order valence-corrected chi connectivity index (χ0v) is 6.64. The summed E-state index contributed by atoms with van der Waals surface area (Å²) in [5.41, 5.74) is 2.69. The highest BCUT2D eigenvalue weighted by Gasteiger charge is 2.19. The fourth-order valence-corrected chi connectivity index (χ4v) is 1.59. The van der Waals surface area contributed by atoms with Gasteiger partial charge in [-0.05, 0) is 32.9 Å². The fourth-order valence-electron chi connectivity index (χ4n) is 1.59. The summed E-state index contributed by atoms with van der Waals surface area (Å²) >= 11 is 0. The molecule has 3 nitrogen and oxygen atoms in total. The maximum absolute atomic E-state index is 5.18. The molecule has 0 aliphatic carbocycles. The van der Waals surface area contributed by atoms with E-state index in [1.807, 2.05) is 0 Å². The van der Waals surface area contributed by atoms with Crippen LogP contribution in [0.5, 0.6) is 0 Å². The molecule has 10 heavy (non-hydrogen) atoms. The van der Waals surface area contributed by atoms with E-state index < -0.39 is 0 Å². The summed E-state index contributed by atoms with van der Waals surface area (Å²) in [5.74, 6) is 5.18. The minimum Gasteiger partial charge on any atom is -0.303 e. The highest BCUT2D eigenvalue weighted by molar-refractivity contribution is 4.76. The molecule has 0 aromatic carbocycles. The molecular weight excluding hydrogens is 126 g/mol. The van der Waals surface area contributed by atoms with Gasteiger partial charge in [0.05, 0.1) is 0 Å². The Hall–Kier alpha value is -0.120. The highest BCUT2D eigenvalue weighted by Crippen LogP contribution is 2.16. The molecule has 0 spiro atoms. The van der Waals surface area contributed by atoms with Crippen molar-refractivity contribution < 1.29 is 0 Å². The van der Waals surface area contributed by atoms with Gasteiger partial charge in [0.2, 0.25) is 0 Å². The van der Waals surface area contributed by atoms with Crippen molar-refractivity contribution in [2.24, 2.45) is 5.84 Å². The molecule has 0 aromatic rings. The van der Waals surface area contributed by atoms with E-state index in [1.165, 1.54) is 25.8 Å². The predicted molar refractivity (Wildman–Crippen MR) is 42.5 cm³/mol. The summed E-state index contributed by atoms with van der Waals surface area (Å²) in [6.45, 7) is 2.20. The summed E-state index contributed by atoms with van der Waals surface area (Å²) in [4.78, 5) is 2.41. The Morgan fingerprint density at radius 1 is 1.70 bits per heavy atom. The van der Waals surface area contributed by atoms with Crippen LogP contribution in [0, 0.1) is 0 Å². The van der Waals surface area contributed by atoms with Crippen molar-refractivity contribution in [2.45, 2.75) is 25.3 Å². The number of nitrogens with zero attached hydrogens (tertiary/aromatic N) is 1. The molecule has 0 bridgehead atoms. The van der Waals surface area contributed by atoms with Crippen LogP contribution in [-0.2, 0) is 0 Å². The SMILES string of the molecule is CN1CCCC1CCNN. The maximum Gasteiger partial charge on any atom is 0.0112 e. The molecule has 0 amide bonds. The van der Waals surface area contributed by atoms with E-state index in [4.69, 9.17) is 5.84 Å². The molecule has 0 aromatic heterocycles. The molecular formula is C7H17N3. The molecule has 1 atom stereocenters. The van der Waals surface area contributed by atoms with E-state index in [0.29, 0.717) is 0 Å². The second-order valence-electron chi connectivity index (χ2n) is 3.02. The molecule has 60 valence electrons. The van der Waals surface area contributed by atoms with Gasteiger partial charge in [-0.25, -0.2) is 0 Å². The van der Waals surface area contributed by atoms with Gasteiger partial charge in [0.15, 0.2) is 0 Å². The lowest BCUT2D eigenvalue weighted by Crippen LogP contribution is -2.31. The van der Waals surface area contributed by atoms with Gasteiger partial charge in [-0.2, -0.15) is 0 Å². The van der Waals surface area contributed by atoms with Crippen molar-refractivity contribution >= 4 is 0 Å². The summed E-state index contributed by atoms with van der Waals surface area (Å²) in [6.07, 6.45) is 3.89. The second kappa shape index (κ2) is 3.91. The lowest BCUT2D eigenvalue weighted by Gasteiger charge is -2.18. The first-order chi connectivity index (χ1) is 4.84. The molecule has 3 heteroatoms. The van der Waals surface area contributed by atoms with E-state index in [-0.39, 0.29) is 0 Å². The maximum atomic E-state index is 5.18. The Morgan fingerprint density at radius 2 is 2.50 bits per heavy atom. The standard InChI is InChI=1S/C7H17N3/c1-10-6-2-3-7(10)4-5-9-8/h7,9H,2-6,8H2,1H3. The van der Waals surface area contributed by atoms with Crippen LogP contribution in [0.1, 0.15) is 19.3 Å². The van der Waals surface area contributed by atoms with Crippen molar-refractivity contribution in [3.05, 3.63) is 0 Å². The number of hydrogen-bond donors (Lipinski definition) is 2. The Labute approximate surface area is 62.5 Å². The molecule has 1 unspecified atom stereocenters. The molecule has 1 fully saturated rings. The number of likely N-dealkylation sites (tertiary alicyclic amines) is 1. The Morgan fingerprint density at radius 3 is 3.00 bits per heavy atom. The van der Waals surface area contributed by atoms with Gasteiger partial charge in [0.1, 0.15) is 0 Å². The van der Waals surface area contributed by atoms with E-state index in [1.54, 1.807) is 0 Å². The second-order valence-corrected chi connectivity index (χ2v) is 3.02. The van der Waals surface area contributed by atoms with E-state index in [0.717, 1.165) is 12.6 Å². The molecule has 1 heterocycles. The van der Waals surface area contributed by atoms with Crippen LogP contribution in [0.3, 0.4) is 0 Å². The number of nitrogens with two attached hydrogens (primary N) is 1. The largest absolute Gasteiger partial charge is 0.303 e. The van der Waals surface area contributed by atoms with Crippen LogP contribution in [0.2, 0.25) is 0 Å². The summed E-state index contributed by atoms with van der Waals surface area (Å²) in [5, 5.41) is 0. The predicted octanol–water partition coefficient (Wildman–Crippen LogP) is -0.0660. The summed E-state index contributed by atoms with van der Waals surface area (Å²) < 4.78 is 0. The topological polar surface area (TPSA) is 41.3 Å². The third-order valence-electron chi connectivity index (χ3n) is 2.29. The van der Waals surface area contributed by atoms with Crippen LogP contribution in [0.25, 0.3) is 0 Å². The van der Waals surface area contributed by atoms with Crippen molar-refractivity contribution in [2.75, 3.05) is 20.1 Å². The zero-order chi connectivity index (χ0) is 7.40. The fraction of sp³-hybridized carbons (Fsp3) is 1.00. The first-order valence-corrected chi connectivity index (χ1v) is 3.98. The van der Waals surface area contributed by atoms with E-state index in [9.17, 15) is 0 Å². The van der Waals surface area contributed by atoms with Crippen molar-refractivity contribution in [3.8, 4) is 0 Å². The van der Waals surface area contributed by atoms with Crippen molar-refractivity contribution in [3.63, 3.8) is 0 Å². The molecule has 1 aliphatic heterocycles. The molecule has 0 radical (unpaired) electrons. The number of nitrogens with one attached hydrogen (secondary N) is 1. The molecule has 3 N–H and O–H groups in total. The Balaban J connectivity index is 2.14. The first-order valence-electron chi connectivity index (χ1n) is 3.98. The molecule has 0 saturated carbocycles. The first kappa shape index (κ1) is 7.98. The van der Waals surface area contributed by atoms with Gasteiger partial charge in [-0.3, -0.25) is 11.3 Å². The monoisotopic (exact) mass is 143 g/mol. The minimum absolute atomic E-state index is 0.774. The van der Waals surface area contributed by atoms with Gasteiger partial charge in [-0.15, -0.1) is 0 Å². The molecule has 1 aliphatic rings. The molecule has 1 rings (SSSR count). The number of hydrazine groups is 1. The quantitative estimate of drug-likeness (QED) is 0.429. The van der Waals surface area contributed by atoms with Gasteiger partial charge in [0.25, 0.3) is 0 Å². The lowest BCUT2D eigenvalue weighted by molar-refractivity contribution is 0.294. The lowest BCUT2D eigenvalue weighted by atomic mass is 10.1. The highest BCUT2D eigenvalue weighted by atomic mass is 15.2. The van der Waals surface area contributed by atoms with Crippen molar-refractivity contribution in [1.82, 2.24) is 10.3 Å². The van der Waals surface area contributed by atoms with Crippen LogP contribution in [0.4, 0.5) is 0 Å². The number of rotatable bonds is 3. The third-order valence-corrected chi connectivity index (χ3v) is 2.29. The normalized spacial score (nSPS) is 27.6. The van der Waals surface area contributed by atoms with Gasteiger partial charge in [0, 0.05) is 12.6 Å². The minimum atomic E-state index is 0.774. The van der Waals surface area contributed by atoms with Crippen LogP contribution < -0.4 is 11.3 Å². The Bertz CT molecular complexity index is 94.9. The third kappa shape index (κ3) is 1.94. The van der Waals surface area contributed by atoms with Crippen LogP contribution in [-0.4, -0.2) is 31.1 Å². The summed E-state index contributed by atoms with van der Waals surface area (Å²) in [6, 6.07) is 0.774. The Kier molecular flexibility index (Phi) is 3.12. The average molecular weight is 143 g/mol. The van der Waals surface area contributed by atoms with E-state index in [2.05, 4.69) is 17.4 Å². The van der Waals surface area contributed by atoms with Crippen molar-refractivity contribution in [1.29, 1.82) is 0 Å². The smallest absolute Gasteiger partial charge is 0.0112 e. The van der Waals surface area contributed by atoms with Gasteiger partial charge in [-0.1, -0.05) is 0 Å².